The average Bonchev–Trinajstić information content (AvgIpc) is 2.53. The minimum atomic E-state index is -0.867. The molecule has 0 saturated carbocycles. The maximum absolute atomic E-state index is 10.9. The van der Waals surface area contributed by atoms with Crippen LogP contribution in [0.2, 0.25) is 5.02 Å². The van der Waals surface area contributed by atoms with Gasteiger partial charge in [0.2, 0.25) is 0 Å². The number of aliphatic carboxylic acids is 1. The van der Waals surface area contributed by atoms with Crippen molar-refractivity contribution in [3.05, 3.63) is 53.1 Å². The number of carboxylic acids is 1. The van der Waals surface area contributed by atoms with E-state index in [9.17, 15) is 4.79 Å². The quantitative estimate of drug-likeness (QED) is 0.822. The van der Waals surface area contributed by atoms with Crippen LogP contribution in [0.3, 0.4) is 0 Å². The first kappa shape index (κ1) is 19.3. The third kappa shape index (κ3) is 4.86. The molecule has 0 aromatic heterocycles. The highest BCUT2D eigenvalue weighted by atomic mass is 35.5. The molecule has 0 saturated heterocycles. The van der Waals surface area contributed by atoms with Crippen LogP contribution in [0.25, 0.3) is 11.1 Å². The molecule has 2 rings (SSSR count). The van der Waals surface area contributed by atoms with Crippen molar-refractivity contribution in [2.24, 2.45) is 5.73 Å². The molecule has 2 aromatic rings. The minimum absolute atomic E-state index is 0. The van der Waals surface area contributed by atoms with Gasteiger partial charge in [-0.15, -0.1) is 12.4 Å². The molecular weight excluding hydrogens is 337 g/mol. The van der Waals surface area contributed by atoms with Crippen LogP contribution in [0.5, 0.6) is 5.75 Å². The molecule has 6 heteroatoms. The van der Waals surface area contributed by atoms with Crippen LogP contribution < -0.4 is 10.5 Å². The van der Waals surface area contributed by atoms with E-state index in [1.165, 1.54) is 0 Å². The SMILES string of the molecule is COc1cccc(-c2cc([C@H](CN)CC(=O)O)ccc2Cl)c1.Cl. The predicted molar refractivity (Wildman–Crippen MR) is 94.7 cm³/mol. The van der Waals surface area contributed by atoms with E-state index in [4.69, 9.17) is 27.2 Å². The average molecular weight is 356 g/mol. The smallest absolute Gasteiger partial charge is 0.304 e. The summed E-state index contributed by atoms with van der Waals surface area (Å²) in [5, 5.41) is 9.59. The lowest BCUT2D eigenvalue weighted by molar-refractivity contribution is -0.137. The second-order valence-corrected chi connectivity index (χ2v) is 5.41. The molecule has 0 bridgehead atoms. The van der Waals surface area contributed by atoms with Crippen molar-refractivity contribution >= 4 is 30.0 Å². The summed E-state index contributed by atoms with van der Waals surface area (Å²) in [6.45, 7) is 0.269. The number of rotatable bonds is 6. The number of benzene rings is 2. The van der Waals surface area contributed by atoms with E-state index in [2.05, 4.69) is 0 Å². The monoisotopic (exact) mass is 355 g/mol. The van der Waals surface area contributed by atoms with Gasteiger partial charge < -0.3 is 15.6 Å². The summed E-state index contributed by atoms with van der Waals surface area (Å²) in [7, 11) is 1.61. The maximum Gasteiger partial charge on any atom is 0.304 e. The van der Waals surface area contributed by atoms with Crippen LogP contribution in [0.4, 0.5) is 0 Å². The van der Waals surface area contributed by atoms with Gasteiger partial charge in [-0.1, -0.05) is 29.8 Å². The summed E-state index contributed by atoms with van der Waals surface area (Å²) < 4.78 is 5.23. The lowest BCUT2D eigenvalue weighted by Gasteiger charge is -2.15. The van der Waals surface area contributed by atoms with Crippen molar-refractivity contribution in [1.82, 2.24) is 0 Å². The molecule has 4 nitrogen and oxygen atoms in total. The van der Waals surface area contributed by atoms with Gasteiger partial charge in [-0.25, -0.2) is 0 Å². The molecule has 0 aliphatic rings. The highest BCUT2D eigenvalue weighted by molar-refractivity contribution is 6.33. The van der Waals surface area contributed by atoms with Crippen LogP contribution in [0.1, 0.15) is 17.9 Å². The van der Waals surface area contributed by atoms with Crippen molar-refractivity contribution in [3.63, 3.8) is 0 Å². The number of nitrogens with two attached hydrogens (primary N) is 1. The Morgan fingerprint density at radius 3 is 2.65 bits per heavy atom. The molecule has 0 unspecified atom stereocenters. The zero-order valence-electron chi connectivity index (χ0n) is 12.7. The van der Waals surface area contributed by atoms with Crippen molar-refractivity contribution in [2.75, 3.05) is 13.7 Å². The molecule has 124 valence electrons. The highest BCUT2D eigenvalue weighted by Crippen LogP contribution is 2.33. The summed E-state index contributed by atoms with van der Waals surface area (Å²) in [5.41, 5.74) is 8.33. The van der Waals surface area contributed by atoms with Crippen LogP contribution in [0.15, 0.2) is 42.5 Å². The summed E-state index contributed by atoms with van der Waals surface area (Å²) >= 11 is 6.29. The number of methoxy groups -OCH3 is 1. The van der Waals surface area contributed by atoms with Gasteiger partial charge in [0.25, 0.3) is 0 Å². The Hall–Kier alpha value is -1.75. The Morgan fingerprint density at radius 1 is 1.30 bits per heavy atom. The number of carboxylic acid groups (broad SMARTS) is 1. The van der Waals surface area contributed by atoms with Gasteiger partial charge in [0, 0.05) is 16.5 Å². The second-order valence-electron chi connectivity index (χ2n) is 5.00. The van der Waals surface area contributed by atoms with Crippen LogP contribution in [-0.2, 0) is 4.79 Å². The Labute approximate surface area is 146 Å². The van der Waals surface area contributed by atoms with E-state index in [0.29, 0.717) is 5.02 Å². The first-order valence-corrected chi connectivity index (χ1v) is 7.28. The maximum atomic E-state index is 10.9. The van der Waals surface area contributed by atoms with Crippen LogP contribution in [-0.4, -0.2) is 24.7 Å². The van der Waals surface area contributed by atoms with Crippen LogP contribution in [0, 0.1) is 0 Å². The highest BCUT2D eigenvalue weighted by Gasteiger charge is 2.16. The molecule has 0 fully saturated rings. The lowest BCUT2D eigenvalue weighted by atomic mass is 9.92. The molecule has 0 amide bonds. The zero-order chi connectivity index (χ0) is 16.1. The largest absolute Gasteiger partial charge is 0.497 e. The number of hydrogen-bond donors (Lipinski definition) is 2. The van der Waals surface area contributed by atoms with Gasteiger partial charge in [-0.2, -0.15) is 0 Å². The van der Waals surface area contributed by atoms with E-state index >= 15 is 0 Å². The van der Waals surface area contributed by atoms with Crippen LogP contribution >= 0.6 is 24.0 Å². The molecule has 0 aliphatic carbocycles. The minimum Gasteiger partial charge on any atom is -0.497 e. The molecule has 0 heterocycles. The van der Waals surface area contributed by atoms with E-state index in [-0.39, 0.29) is 31.3 Å². The molecule has 2 aromatic carbocycles. The van der Waals surface area contributed by atoms with Crippen molar-refractivity contribution < 1.29 is 14.6 Å². The van der Waals surface area contributed by atoms with Gasteiger partial charge >= 0.3 is 5.97 Å². The van der Waals surface area contributed by atoms with Gasteiger partial charge in [0.1, 0.15) is 5.75 Å². The van der Waals surface area contributed by atoms with E-state index in [0.717, 1.165) is 22.4 Å². The summed E-state index contributed by atoms with van der Waals surface area (Å²) in [4.78, 5) is 10.9. The fraction of sp³-hybridized carbons (Fsp3) is 0.235. The first-order chi connectivity index (χ1) is 10.5. The normalized spacial score (nSPS) is 11.4. The Balaban J connectivity index is 0.00000264. The third-order valence-corrected chi connectivity index (χ3v) is 3.88. The zero-order valence-corrected chi connectivity index (χ0v) is 14.2. The fourth-order valence-corrected chi connectivity index (χ4v) is 2.58. The van der Waals surface area contributed by atoms with Gasteiger partial charge in [0.05, 0.1) is 13.5 Å². The molecule has 23 heavy (non-hydrogen) atoms. The van der Waals surface area contributed by atoms with Gasteiger partial charge in [0.15, 0.2) is 0 Å². The fourth-order valence-electron chi connectivity index (χ4n) is 2.36. The number of carbonyl (C=O) groups is 1. The number of hydrogen-bond acceptors (Lipinski definition) is 3. The summed E-state index contributed by atoms with van der Waals surface area (Å²) in [6, 6.07) is 13.1. The summed E-state index contributed by atoms with van der Waals surface area (Å²) in [6.07, 6.45) is -0.00428. The Kier molecular flexibility index (Phi) is 7.36. The van der Waals surface area contributed by atoms with Crippen molar-refractivity contribution in [3.8, 4) is 16.9 Å². The van der Waals surface area contributed by atoms with Gasteiger partial charge in [-0.3, -0.25) is 4.79 Å². The number of halogens is 2. The lowest BCUT2D eigenvalue weighted by Crippen LogP contribution is -2.16. The van der Waals surface area contributed by atoms with Gasteiger partial charge in [-0.05, 0) is 41.9 Å². The molecule has 1 atom stereocenters. The second kappa shape index (κ2) is 8.77. The molecule has 0 aliphatic heterocycles. The topological polar surface area (TPSA) is 72.5 Å². The summed E-state index contributed by atoms with van der Waals surface area (Å²) in [5.74, 6) is -0.368. The Morgan fingerprint density at radius 2 is 2.04 bits per heavy atom. The van der Waals surface area contributed by atoms with Crippen molar-refractivity contribution in [2.45, 2.75) is 12.3 Å². The molecule has 3 N–H and O–H groups in total. The third-order valence-electron chi connectivity index (χ3n) is 3.55. The number of ether oxygens (including phenoxy) is 1. The molecule has 0 radical (unpaired) electrons. The van der Waals surface area contributed by atoms with E-state index in [1.807, 2.05) is 36.4 Å². The molecule has 0 spiro atoms. The first-order valence-electron chi connectivity index (χ1n) is 6.91. The predicted octanol–water partition coefficient (Wildman–Crippen LogP) is 3.95. The Bertz CT molecular complexity index is 677. The van der Waals surface area contributed by atoms with E-state index in [1.54, 1.807) is 13.2 Å². The standard InChI is InChI=1S/C17H18ClNO3.ClH/c1-22-14-4-2-3-12(7-14)15-8-11(5-6-16(15)18)13(10-19)9-17(20)21;/h2-8,13H,9-10,19H2,1H3,(H,20,21);1H/t13-;/m0./s1. The van der Waals surface area contributed by atoms with Crippen molar-refractivity contribution in [1.29, 1.82) is 0 Å². The van der Waals surface area contributed by atoms with E-state index < -0.39 is 5.97 Å². The molecular formula is C17H19Cl2NO3.